The SMILES string of the molecule is COc1ccc(C(C)C(O)(c2cc(C)c(=O)n(C)c2)C(F)(F)F)c(Cl)c1. The zero-order chi connectivity index (χ0) is 19.9. The van der Waals surface area contributed by atoms with Crippen LogP contribution in [0.3, 0.4) is 0 Å². The third-order valence-corrected chi connectivity index (χ3v) is 4.86. The van der Waals surface area contributed by atoms with Crippen molar-refractivity contribution in [2.45, 2.75) is 31.5 Å². The number of aliphatic hydroxyl groups is 1. The van der Waals surface area contributed by atoms with Crippen molar-refractivity contribution >= 4 is 11.6 Å². The summed E-state index contributed by atoms with van der Waals surface area (Å²) >= 11 is 6.12. The van der Waals surface area contributed by atoms with Crippen molar-refractivity contribution in [3.8, 4) is 5.75 Å². The summed E-state index contributed by atoms with van der Waals surface area (Å²) in [6, 6.07) is 5.30. The Hall–Kier alpha value is -1.99. The van der Waals surface area contributed by atoms with E-state index in [0.717, 1.165) is 16.8 Å². The van der Waals surface area contributed by atoms with Crippen LogP contribution in [-0.4, -0.2) is 23.0 Å². The van der Waals surface area contributed by atoms with E-state index in [1.54, 1.807) is 0 Å². The maximum atomic E-state index is 14.0. The van der Waals surface area contributed by atoms with Gasteiger partial charge in [-0.1, -0.05) is 24.6 Å². The predicted molar refractivity (Wildman–Crippen MR) is 92.8 cm³/mol. The van der Waals surface area contributed by atoms with Crippen molar-refractivity contribution in [2.75, 3.05) is 7.11 Å². The Balaban J connectivity index is 2.70. The zero-order valence-corrected chi connectivity index (χ0v) is 15.4. The smallest absolute Gasteiger partial charge is 0.422 e. The van der Waals surface area contributed by atoms with Gasteiger partial charge in [0.2, 0.25) is 0 Å². The highest BCUT2D eigenvalue weighted by Crippen LogP contribution is 2.49. The summed E-state index contributed by atoms with van der Waals surface area (Å²) in [7, 11) is 2.74. The van der Waals surface area contributed by atoms with Crippen LogP contribution in [0, 0.1) is 6.92 Å². The molecule has 0 aliphatic rings. The number of rotatable bonds is 4. The Morgan fingerprint density at radius 2 is 1.88 bits per heavy atom. The molecule has 0 bridgehead atoms. The van der Waals surface area contributed by atoms with E-state index in [4.69, 9.17) is 16.3 Å². The van der Waals surface area contributed by atoms with Gasteiger partial charge in [0, 0.05) is 35.3 Å². The topological polar surface area (TPSA) is 51.5 Å². The van der Waals surface area contributed by atoms with Gasteiger partial charge in [0.1, 0.15) is 5.75 Å². The molecule has 2 aromatic rings. The lowest BCUT2D eigenvalue weighted by atomic mass is 9.78. The van der Waals surface area contributed by atoms with Crippen LogP contribution in [-0.2, 0) is 12.6 Å². The summed E-state index contributed by atoms with van der Waals surface area (Å²) in [5, 5.41) is 10.8. The molecule has 0 aliphatic carbocycles. The molecule has 2 unspecified atom stereocenters. The van der Waals surface area contributed by atoms with Gasteiger partial charge in [-0.3, -0.25) is 4.79 Å². The van der Waals surface area contributed by atoms with E-state index in [9.17, 15) is 23.1 Å². The summed E-state index contributed by atoms with van der Waals surface area (Å²) in [6.07, 6.45) is -4.00. The minimum absolute atomic E-state index is 0.0427. The van der Waals surface area contributed by atoms with Crippen LogP contribution >= 0.6 is 11.6 Å². The van der Waals surface area contributed by atoms with Crippen LogP contribution in [0.4, 0.5) is 13.2 Å². The van der Waals surface area contributed by atoms with E-state index < -0.39 is 28.8 Å². The van der Waals surface area contributed by atoms with Crippen LogP contribution in [0.15, 0.2) is 35.3 Å². The molecule has 1 aromatic heterocycles. The van der Waals surface area contributed by atoms with E-state index in [-0.39, 0.29) is 16.1 Å². The fourth-order valence-corrected chi connectivity index (χ4v) is 3.29. The molecule has 0 amide bonds. The van der Waals surface area contributed by atoms with E-state index in [1.807, 2.05) is 0 Å². The summed E-state index contributed by atoms with van der Waals surface area (Å²) in [5.74, 6) is -1.04. The van der Waals surface area contributed by atoms with Crippen molar-refractivity contribution in [1.82, 2.24) is 4.57 Å². The first-order valence-corrected chi connectivity index (χ1v) is 8.11. The van der Waals surface area contributed by atoms with Crippen molar-refractivity contribution in [3.63, 3.8) is 0 Å². The molecule has 4 nitrogen and oxygen atoms in total. The summed E-state index contributed by atoms with van der Waals surface area (Å²) in [6.45, 7) is 2.63. The molecule has 0 fully saturated rings. The number of aryl methyl sites for hydroxylation is 2. The summed E-state index contributed by atoms with van der Waals surface area (Å²) < 4.78 is 47.9. The van der Waals surface area contributed by atoms with E-state index >= 15 is 0 Å². The van der Waals surface area contributed by atoms with Gasteiger partial charge in [-0.05, 0) is 30.7 Å². The first kappa shape index (κ1) is 20.3. The lowest BCUT2D eigenvalue weighted by Crippen LogP contribution is -2.47. The van der Waals surface area contributed by atoms with Gasteiger partial charge in [-0.2, -0.15) is 13.2 Å². The molecule has 142 valence electrons. The average molecular weight is 390 g/mol. The molecule has 0 spiro atoms. The van der Waals surface area contributed by atoms with Gasteiger partial charge in [0.25, 0.3) is 5.56 Å². The van der Waals surface area contributed by atoms with Crippen molar-refractivity contribution in [2.24, 2.45) is 7.05 Å². The number of pyridine rings is 1. The lowest BCUT2D eigenvalue weighted by molar-refractivity contribution is -0.274. The van der Waals surface area contributed by atoms with E-state index in [1.165, 1.54) is 46.2 Å². The van der Waals surface area contributed by atoms with Gasteiger partial charge >= 0.3 is 6.18 Å². The second kappa shape index (κ2) is 6.96. The fourth-order valence-electron chi connectivity index (χ4n) is 2.96. The molecule has 0 aliphatic heterocycles. The van der Waals surface area contributed by atoms with E-state index in [2.05, 4.69) is 0 Å². The summed E-state index contributed by atoms with van der Waals surface area (Å²) in [5.41, 5.74) is -3.89. The van der Waals surface area contributed by atoms with Gasteiger partial charge in [-0.15, -0.1) is 0 Å². The molecule has 2 rings (SSSR count). The minimum atomic E-state index is -5.00. The highest BCUT2D eigenvalue weighted by molar-refractivity contribution is 6.31. The normalized spacial score (nSPS) is 15.4. The second-order valence-corrected chi connectivity index (χ2v) is 6.61. The maximum absolute atomic E-state index is 14.0. The number of ether oxygens (including phenoxy) is 1. The summed E-state index contributed by atoms with van der Waals surface area (Å²) in [4.78, 5) is 11.8. The fraction of sp³-hybridized carbons (Fsp3) is 0.389. The molecule has 8 heteroatoms. The number of aromatic nitrogens is 1. The molecular weight excluding hydrogens is 371 g/mol. The molecule has 26 heavy (non-hydrogen) atoms. The first-order chi connectivity index (χ1) is 11.9. The van der Waals surface area contributed by atoms with E-state index in [0.29, 0.717) is 5.75 Å². The average Bonchev–Trinajstić information content (AvgIpc) is 2.56. The first-order valence-electron chi connectivity index (χ1n) is 7.73. The largest absolute Gasteiger partial charge is 0.497 e. The third kappa shape index (κ3) is 3.33. The van der Waals surface area contributed by atoms with Crippen LogP contribution in [0.2, 0.25) is 5.02 Å². The number of hydrogen-bond donors (Lipinski definition) is 1. The Bertz CT molecular complexity index is 853. The molecule has 2 atom stereocenters. The van der Waals surface area contributed by atoms with Crippen molar-refractivity contribution in [1.29, 1.82) is 0 Å². The van der Waals surface area contributed by atoms with Gasteiger partial charge in [0.05, 0.1) is 7.11 Å². The second-order valence-electron chi connectivity index (χ2n) is 6.20. The van der Waals surface area contributed by atoms with Crippen LogP contribution in [0.5, 0.6) is 5.75 Å². The molecule has 1 heterocycles. The van der Waals surface area contributed by atoms with Crippen molar-refractivity contribution in [3.05, 3.63) is 62.5 Å². The van der Waals surface area contributed by atoms with Gasteiger partial charge < -0.3 is 14.4 Å². The number of alkyl halides is 3. The highest BCUT2D eigenvalue weighted by Gasteiger charge is 2.59. The minimum Gasteiger partial charge on any atom is -0.497 e. The molecule has 0 saturated heterocycles. The van der Waals surface area contributed by atoms with Crippen LogP contribution < -0.4 is 10.3 Å². The Morgan fingerprint density at radius 3 is 2.35 bits per heavy atom. The molecular formula is C18H19ClF3NO3. The van der Waals surface area contributed by atoms with Crippen LogP contribution in [0.1, 0.15) is 29.5 Å². The number of halogens is 4. The van der Waals surface area contributed by atoms with Crippen molar-refractivity contribution < 1.29 is 23.0 Å². The molecule has 1 aromatic carbocycles. The van der Waals surface area contributed by atoms with Crippen LogP contribution in [0.25, 0.3) is 0 Å². The number of methoxy groups -OCH3 is 1. The third-order valence-electron chi connectivity index (χ3n) is 4.54. The number of benzene rings is 1. The number of nitrogens with zero attached hydrogens (tertiary/aromatic N) is 1. The quantitative estimate of drug-likeness (QED) is 0.862. The standard InChI is InChI=1S/C18H19ClF3NO3/c1-10-7-12(9-23(3)16(10)24)17(25,18(20,21)22)11(2)14-6-5-13(26-4)8-15(14)19/h5-9,11,25H,1-4H3. The zero-order valence-electron chi connectivity index (χ0n) is 14.7. The molecule has 0 saturated carbocycles. The monoisotopic (exact) mass is 389 g/mol. The van der Waals surface area contributed by atoms with Gasteiger partial charge in [-0.25, -0.2) is 0 Å². The molecule has 1 N–H and O–H groups in total. The predicted octanol–water partition coefficient (Wildman–Crippen LogP) is 3.91. The number of hydrogen-bond acceptors (Lipinski definition) is 3. The highest BCUT2D eigenvalue weighted by atomic mass is 35.5. The maximum Gasteiger partial charge on any atom is 0.422 e. The Morgan fingerprint density at radius 1 is 1.27 bits per heavy atom. The molecule has 0 radical (unpaired) electrons. The lowest BCUT2D eigenvalue weighted by Gasteiger charge is -2.37. The van der Waals surface area contributed by atoms with Gasteiger partial charge in [0.15, 0.2) is 5.60 Å². The Labute approximate surface area is 153 Å². The Kier molecular flexibility index (Phi) is 5.44.